The third-order valence-electron chi connectivity index (χ3n) is 3.43. The molecule has 3 aromatic rings. The Labute approximate surface area is 171 Å². The van der Waals surface area contributed by atoms with Gasteiger partial charge in [-0.2, -0.15) is 0 Å². The van der Waals surface area contributed by atoms with Crippen LogP contribution in [0.4, 0.5) is 5.69 Å². The number of ether oxygens (including phenoxy) is 1. The molecule has 0 radical (unpaired) electrons. The summed E-state index contributed by atoms with van der Waals surface area (Å²) in [7, 11) is -3.71. The first kappa shape index (κ1) is 20.1. The minimum atomic E-state index is -3.71. The van der Waals surface area contributed by atoms with Gasteiger partial charge in [-0.15, -0.1) is 0 Å². The predicted octanol–water partition coefficient (Wildman–Crippen LogP) is 4.23. The van der Waals surface area contributed by atoms with Crippen molar-refractivity contribution in [2.45, 2.75) is 5.16 Å². The Morgan fingerprint density at radius 3 is 2.50 bits per heavy atom. The smallest absolute Gasteiger partial charge is 0.276 e. The van der Waals surface area contributed by atoms with Crippen LogP contribution in [0.15, 0.2) is 59.9 Å². The van der Waals surface area contributed by atoms with E-state index in [0.29, 0.717) is 16.5 Å². The largest absolute Gasteiger partial charge is 0.455 e. The monoisotopic (exact) mass is 437 g/mol. The minimum Gasteiger partial charge on any atom is -0.455 e. The van der Waals surface area contributed by atoms with Gasteiger partial charge in [-0.05, 0) is 30.3 Å². The second kappa shape index (κ2) is 8.14. The van der Waals surface area contributed by atoms with Gasteiger partial charge in [-0.25, -0.2) is 18.4 Å². The zero-order valence-electron chi connectivity index (χ0n) is 14.4. The van der Waals surface area contributed by atoms with E-state index in [1.165, 1.54) is 6.07 Å². The van der Waals surface area contributed by atoms with E-state index in [4.69, 9.17) is 27.9 Å². The number of rotatable bonds is 5. The van der Waals surface area contributed by atoms with Crippen LogP contribution in [0.25, 0.3) is 0 Å². The molecule has 2 aromatic carbocycles. The fourth-order valence-corrected chi connectivity index (χ4v) is 3.03. The van der Waals surface area contributed by atoms with E-state index in [0.717, 1.165) is 12.5 Å². The van der Waals surface area contributed by atoms with Crippen LogP contribution >= 0.6 is 23.2 Å². The van der Waals surface area contributed by atoms with Gasteiger partial charge in [0, 0.05) is 11.3 Å². The summed E-state index contributed by atoms with van der Waals surface area (Å²) < 4.78 is 29.1. The van der Waals surface area contributed by atoms with Gasteiger partial charge in [0.05, 0.1) is 16.9 Å². The normalized spacial score (nSPS) is 11.1. The zero-order chi connectivity index (χ0) is 20.3. The number of aromatic nitrogens is 2. The van der Waals surface area contributed by atoms with Crippen molar-refractivity contribution < 1.29 is 17.9 Å². The molecule has 1 aromatic heterocycles. The highest BCUT2D eigenvalue weighted by Gasteiger charge is 2.20. The second-order valence-electron chi connectivity index (χ2n) is 5.63. The Bertz CT molecular complexity index is 1140. The van der Waals surface area contributed by atoms with Crippen molar-refractivity contribution in [3.05, 3.63) is 70.5 Å². The maximum atomic E-state index is 12.7. The van der Waals surface area contributed by atoms with E-state index in [1.807, 2.05) is 6.07 Å². The lowest BCUT2D eigenvalue weighted by molar-refractivity contribution is 0.102. The number of sulfone groups is 1. The van der Waals surface area contributed by atoms with E-state index in [1.54, 1.807) is 36.4 Å². The Morgan fingerprint density at radius 2 is 1.82 bits per heavy atom. The number of para-hydroxylation sites is 1. The number of hydrogen-bond acceptors (Lipinski definition) is 6. The summed E-state index contributed by atoms with van der Waals surface area (Å²) in [5.41, 5.74) is -0.0281. The van der Waals surface area contributed by atoms with Crippen molar-refractivity contribution in [1.29, 1.82) is 0 Å². The molecule has 144 valence electrons. The number of nitrogens with one attached hydrogen (secondary N) is 1. The lowest BCUT2D eigenvalue weighted by Gasteiger charge is -2.13. The fourth-order valence-electron chi connectivity index (χ4n) is 2.17. The standard InChI is InChI=1S/C18H13Cl2N3O4S/c1-28(25,26)18-21-10-13(20)16(23-18)17(24)22-14-9-11(19)7-8-15(14)27-12-5-3-2-4-6-12/h2-10H,1H3,(H,22,24). The van der Waals surface area contributed by atoms with Crippen molar-refractivity contribution >= 4 is 44.6 Å². The summed E-state index contributed by atoms with van der Waals surface area (Å²) in [5, 5.41) is 2.35. The molecule has 0 saturated carbocycles. The van der Waals surface area contributed by atoms with Gasteiger partial charge in [-0.3, -0.25) is 4.79 Å². The van der Waals surface area contributed by atoms with Crippen molar-refractivity contribution in [3.8, 4) is 11.5 Å². The number of benzene rings is 2. The lowest BCUT2D eigenvalue weighted by atomic mass is 10.2. The molecule has 0 unspecified atom stereocenters. The van der Waals surface area contributed by atoms with Gasteiger partial charge in [0.15, 0.2) is 11.4 Å². The van der Waals surface area contributed by atoms with E-state index in [2.05, 4.69) is 15.3 Å². The van der Waals surface area contributed by atoms with Crippen LogP contribution in [0.5, 0.6) is 11.5 Å². The molecule has 7 nitrogen and oxygen atoms in total. The van der Waals surface area contributed by atoms with Gasteiger partial charge in [0.1, 0.15) is 5.75 Å². The number of halogens is 2. The van der Waals surface area contributed by atoms with Crippen molar-refractivity contribution in [1.82, 2.24) is 9.97 Å². The van der Waals surface area contributed by atoms with Crippen LogP contribution in [0.1, 0.15) is 10.5 Å². The molecule has 0 aliphatic rings. The molecule has 0 fully saturated rings. The Hall–Kier alpha value is -2.68. The molecular formula is C18H13Cl2N3O4S. The van der Waals surface area contributed by atoms with Crippen molar-refractivity contribution in [3.63, 3.8) is 0 Å². The van der Waals surface area contributed by atoms with Crippen molar-refractivity contribution in [2.75, 3.05) is 11.6 Å². The van der Waals surface area contributed by atoms with E-state index in [9.17, 15) is 13.2 Å². The molecule has 1 heterocycles. The van der Waals surface area contributed by atoms with Gasteiger partial charge < -0.3 is 10.1 Å². The van der Waals surface area contributed by atoms with Crippen LogP contribution < -0.4 is 10.1 Å². The molecular weight excluding hydrogens is 425 g/mol. The van der Waals surface area contributed by atoms with Crippen LogP contribution in [0.3, 0.4) is 0 Å². The molecule has 0 atom stereocenters. The maximum absolute atomic E-state index is 12.7. The lowest BCUT2D eigenvalue weighted by Crippen LogP contribution is -2.17. The Balaban J connectivity index is 1.93. The molecule has 28 heavy (non-hydrogen) atoms. The fraction of sp³-hybridized carbons (Fsp3) is 0.0556. The summed E-state index contributed by atoms with van der Waals surface area (Å²) in [6, 6.07) is 13.6. The first-order valence-electron chi connectivity index (χ1n) is 7.80. The molecule has 1 N–H and O–H groups in total. The molecule has 0 aliphatic carbocycles. The highest BCUT2D eigenvalue weighted by atomic mass is 35.5. The summed E-state index contributed by atoms with van der Waals surface area (Å²) in [6.45, 7) is 0. The quantitative estimate of drug-likeness (QED) is 0.599. The minimum absolute atomic E-state index is 0.0996. The molecule has 0 aliphatic heterocycles. The third kappa shape index (κ3) is 4.78. The first-order chi connectivity index (χ1) is 13.2. The maximum Gasteiger partial charge on any atom is 0.276 e. The topological polar surface area (TPSA) is 98.2 Å². The third-order valence-corrected chi connectivity index (χ3v) is 4.80. The van der Waals surface area contributed by atoms with Gasteiger partial charge in [-0.1, -0.05) is 41.4 Å². The number of hydrogen-bond donors (Lipinski definition) is 1. The first-order valence-corrected chi connectivity index (χ1v) is 10.4. The average molecular weight is 438 g/mol. The van der Waals surface area contributed by atoms with E-state index in [-0.39, 0.29) is 16.4 Å². The van der Waals surface area contributed by atoms with Crippen LogP contribution in [0, 0.1) is 0 Å². The molecule has 0 spiro atoms. The predicted molar refractivity (Wildman–Crippen MR) is 106 cm³/mol. The molecule has 3 rings (SSSR count). The molecule has 10 heteroatoms. The Morgan fingerprint density at radius 1 is 1.11 bits per heavy atom. The summed E-state index contributed by atoms with van der Waals surface area (Å²) >= 11 is 12.0. The summed E-state index contributed by atoms with van der Waals surface area (Å²) in [6.07, 6.45) is 1.99. The SMILES string of the molecule is CS(=O)(=O)c1ncc(Cl)c(C(=O)Nc2cc(Cl)ccc2Oc2ccccc2)n1. The number of carbonyl (C=O) groups is 1. The average Bonchev–Trinajstić information content (AvgIpc) is 2.64. The van der Waals surface area contributed by atoms with Crippen LogP contribution in [-0.2, 0) is 9.84 Å². The highest BCUT2D eigenvalue weighted by molar-refractivity contribution is 7.90. The molecule has 0 bridgehead atoms. The van der Waals surface area contributed by atoms with Gasteiger partial charge in [0.25, 0.3) is 5.91 Å². The van der Waals surface area contributed by atoms with Crippen LogP contribution in [0.2, 0.25) is 10.0 Å². The number of amides is 1. The Kier molecular flexibility index (Phi) is 5.83. The van der Waals surface area contributed by atoms with Crippen LogP contribution in [-0.4, -0.2) is 30.5 Å². The van der Waals surface area contributed by atoms with Crippen molar-refractivity contribution in [2.24, 2.45) is 0 Å². The number of nitrogens with zero attached hydrogens (tertiary/aromatic N) is 2. The van der Waals surface area contributed by atoms with Gasteiger partial charge >= 0.3 is 0 Å². The molecule has 0 saturated heterocycles. The summed E-state index contributed by atoms with van der Waals surface area (Å²) in [5.74, 6) is 0.148. The second-order valence-corrected chi connectivity index (χ2v) is 8.38. The van der Waals surface area contributed by atoms with E-state index >= 15 is 0 Å². The highest BCUT2D eigenvalue weighted by Crippen LogP contribution is 2.32. The van der Waals surface area contributed by atoms with Gasteiger partial charge in [0.2, 0.25) is 15.0 Å². The summed E-state index contributed by atoms with van der Waals surface area (Å²) in [4.78, 5) is 20.0. The zero-order valence-corrected chi connectivity index (χ0v) is 16.7. The number of anilines is 1. The van der Waals surface area contributed by atoms with E-state index < -0.39 is 20.9 Å². The number of carbonyl (C=O) groups excluding carboxylic acids is 1. The molecule has 1 amide bonds.